The first-order chi connectivity index (χ1) is 9.98. The molecule has 1 aliphatic heterocycles. The highest BCUT2D eigenvalue weighted by molar-refractivity contribution is 5.65. The van der Waals surface area contributed by atoms with E-state index in [1.165, 1.54) is 31.4 Å². The van der Waals surface area contributed by atoms with Crippen LogP contribution < -0.4 is 4.90 Å². The van der Waals surface area contributed by atoms with Crippen LogP contribution in [0.2, 0.25) is 0 Å². The molecule has 0 bridgehead atoms. The first-order valence-electron chi connectivity index (χ1n) is 7.44. The molecule has 1 aromatic rings. The third-order valence-corrected chi connectivity index (χ3v) is 5.05. The Balaban J connectivity index is 1.94. The lowest BCUT2D eigenvalue weighted by atomic mass is 9.55. The molecule has 0 amide bonds. The number of anilines is 1. The normalized spacial score (nSPS) is 22.6. The SMILES string of the molecule is CC(C)C1N(c2ccc([N+](=O)[O-])cc2C#N)CC12CCC2. The van der Waals surface area contributed by atoms with Gasteiger partial charge < -0.3 is 4.90 Å². The molecule has 5 heteroatoms. The third-order valence-electron chi connectivity index (χ3n) is 5.05. The lowest BCUT2D eigenvalue weighted by molar-refractivity contribution is -0.384. The second-order valence-corrected chi connectivity index (χ2v) is 6.60. The van der Waals surface area contributed by atoms with Gasteiger partial charge in [0.25, 0.3) is 5.69 Å². The highest BCUT2D eigenvalue weighted by Crippen LogP contribution is 2.56. The van der Waals surface area contributed by atoms with Gasteiger partial charge in [0.1, 0.15) is 6.07 Å². The zero-order valence-corrected chi connectivity index (χ0v) is 12.4. The van der Waals surface area contributed by atoms with Crippen molar-refractivity contribution in [2.45, 2.75) is 39.2 Å². The Kier molecular flexibility index (Phi) is 3.12. The van der Waals surface area contributed by atoms with Crippen molar-refractivity contribution in [3.8, 4) is 6.07 Å². The van der Waals surface area contributed by atoms with Crippen LogP contribution in [-0.4, -0.2) is 17.5 Å². The molecule has 1 saturated carbocycles. The van der Waals surface area contributed by atoms with Crippen molar-refractivity contribution in [2.75, 3.05) is 11.4 Å². The second kappa shape index (κ2) is 4.73. The van der Waals surface area contributed by atoms with Crippen molar-refractivity contribution in [3.63, 3.8) is 0 Å². The molecular formula is C16H19N3O2. The van der Waals surface area contributed by atoms with Gasteiger partial charge in [0, 0.05) is 30.1 Å². The number of hydrogen-bond acceptors (Lipinski definition) is 4. The maximum Gasteiger partial charge on any atom is 0.270 e. The summed E-state index contributed by atoms with van der Waals surface area (Å²) in [6, 6.07) is 7.18. The quantitative estimate of drug-likeness (QED) is 0.629. The van der Waals surface area contributed by atoms with Gasteiger partial charge in [-0.1, -0.05) is 20.3 Å². The second-order valence-electron chi connectivity index (χ2n) is 6.60. The summed E-state index contributed by atoms with van der Waals surface area (Å²) in [4.78, 5) is 12.7. The molecule has 2 aliphatic rings. The Labute approximate surface area is 124 Å². The van der Waals surface area contributed by atoms with E-state index in [-0.39, 0.29) is 5.69 Å². The predicted octanol–water partition coefficient (Wildman–Crippen LogP) is 3.48. The monoisotopic (exact) mass is 285 g/mol. The van der Waals surface area contributed by atoms with E-state index in [4.69, 9.17) is 0 Å². The molecule has 2 fully saturated rings. The molecule has 5 nitrogen and oxygen atoms in total. The van der Waals surface area contributed by atoms with E-state index >= 15 is 0 Å². The van der Waals surface area contributed by atoms with Gasteiger partial charge in [0.15, 0.2) is 0 Å². The van der Waals surface area contributed by atoms with Gasteiger partial charge in [0.05, 0.1) is 16.2 Å². The third kappa shape index (κ3) is 1.98. The van der Waals surface area contributed by atoms with E-state index in [9.17, 15) is 15.4 Å². The van der Waals surface area contributed by atoms with Crippen molar-refractivity contribution >= 4 is 11.4 Å². The highest BCUT2D eigenvalue weighted by Gasteiger charge is 2.56. The fourth-order valence-corrected chi connectivity index (χ4v) is 4.11. The average molecular weight is 285 g/mol. The van der Waals surface area contributed by atoms with Crippen LogP contribution in [0.15, 0.2) is 18.2 Å². The Morgan fingerprint density at radius 2 is 2.19 bits per heavy atom. The zero-order chi connectivity index (χ0) is 15.2. The molecular weight excluding hydrogens is 266 g/mol. The van der Waals surface area contributed by atoms with Crippen molar-refractivity contribution in [3.05, 3.63) is 33.9 Å². The van der Waals surface area contributed by atoms with Crippen LogP contribution in [-0.2, 0) is 0 Å². The van der Waals surface area contributed by atoms with Crippen molar-refractivity contribution in [1.82, 2.24) is 0 Å². The number of benzene rings is 1. The van der Waals surface area contributed by atoms with Crippen molar-refractivity contribution in [2.24, 2.45) is 11.3 Å². The first kappa shape index (κ1) is 13.9. The summed E-state index contributed by atoms with van der Waals surface area (Å²) in [5.74, 6) is 0.515. The molecule has 110 valence electrons. The summed E-state index contributed by atoms with van der Waals surface area (Å²) in [6.07, 6.45) is 3.82. The van der Waals surface area contributed by atoms with Crippen molar-refractivity contribution < 1.29 is 4.92 Å². The zero-order valence-electron chi connectivity index (χ0n) is 12.4. The number of nitrogens with zero attached hydrogens (tertiary/aromatic N) is 3. The molecule has 1 atom stereocenters. The first-order valence-corrected chi connectivity index (χ1v) is 7.44. The van der Waals surface area contributed by atoms with Gasteiger partial charge in [-0.05, 0) is 24.8 Å². The number of nitro benzene ring substituents is 1. The Morgan fingerprint density at radius 3 is 2.67 bits per heavy atom. The Hall–Kier alpha value is -2.09. The van der Waals surface area contributed by atoms with Gasteiger partial charge in [-0.3, -0.25) is 10.1 Å². The number of hydrogen-bond donors (Lipinski definition) is 0. The summed E-state index contributed by atoms with van der Waals surface area (Å²) in [6.45, 7) is 5.41. The van der Waals surface area contributed by atoms with Crippen LogP contribution in [0, 0.1) is 32.8 Å². The molecule has 1 aliphatic carbocycles. The summed E-state index contributed by atoms with van der Waals surface area (Å²) < 4.78 is 0. The molecule has 0 N–H and O–H groups in total. The molecule has 1 heterocycles. The Bertz CT molecular complexity index is 629. The fourth-order valence-electron chi connectivity index (χ4n) is 4.11. The van der Waals surface area contributed by atoms with Gasteiger partial charge >= 0.3 is 0 Å². The topological polar surface area (TPSA) is 70.2 Å². The smallest absolute Gasteiger partial charge is 0.270 e. The standard InChI is InChI=1S/C16H19N3O2/c1-11(2)15-16(6-3-7-16)10-18(15)14-5-4-13(19(20)21)8-12(14)9-17/h4-5,8,11,15H,3,6-7,10H2,1-2H3. The summed E-state index contributed by atoms with van der Waals surface area (Å²) in [7, 11) is 0. The minimum atomic E-state index is -0.450. The summed E-state index contributed by atoms with van der Waals surface area (Å²) >= 11 is 0. The largest absolute Gasteiger partial charge is 0.366 e. The lowest BCUT2D eigenvalue weighted by Gasteiger charge is -2.65. The Morgan fingerprint density at radius 1 is 1.48 bits per heavy atom. The van der Waals surface area contributed by atoms with Gasteiger partial charge in [0.2, 0.25) is 0 Å². The van der Waals surface area contributed by atoms with E-state index in [0.29, 0.717) is 22.9 Å². The van der Waals surface area contributed by atoms with Crippen LogP contribution in [0.1, 0.15) is 38.7 Å². The number of nitro groups is 1. The fraction of sp³-hybridized carbons (Fsp3) is 0.562. The highest BCUT2D eigenvalue weighted by atomic mass is 16.6. The van der Waals surface area contributed by atoms with E-state index in [1.54, 1.807) is 6.07 Å². The van der Waals surface area contributed by atoms with Crippen LogP contribution in [0.3, 0.4) is 0 Å². The molecule has 1 unspecified atom stereocenters. The molecule has 0 aromatic heterocycles. The summed E-state index contributed by atoms with van der Waals surface area (Å²) in [5, 5.41) is 20.2. The van der Waals surface area contributed by atoms with E-state index in [1.807, 2.05) is 0 Å². The molecule has 1 aromatic carbocycles. The average Bonchev–Trinajstić information content (AvgIpc) is 2.35. The minimum Gasteiger partial charge on any atom is -0.366 e. The van der Waals surface area contributed by atoms with Crippen LogP contribution >= 0.6 is 0 Å². The predicted molar refractivity (Wildman–Crippen MR) is 80.1 cm³/mol. The maximum absolute atomic E-state index is 10.8. The molecule has 1 saturated heterocycles. The van der Waals surface area contributed by atoms with Gasteiger partial charge in [-0.25, -0.2) is 0 Å². The lowest BCUT2D eigenvalue weighted by Crippen LogP contribution is -2.69. The van der Waals surface area contributed by atoms with Crippen LogP contribution in [0.4, 0.5) is 11.4 Å². The van der Waals surface area contributed by atoms with Gasteiger partial charge in [-0.15, -0.1) is 0 Å². The van der Waals surface area contributed by atoms with Gasteiger partial charge in [-0.2, -0.15) is 5.26 Å². The van der Waals surface area contributed by atoms with E-state index < -0.39 is 4.92 Å². The van der Waals surface area contributed by atoms with E-state index in [0.717, 1.165) is 12.2 Å². The maximum atomic E-state index is 10.8. The van der Waals surface area contributed by atoms with Crippen LogP contribution in [0.5, 0.6) is 0 Å². The number of nitriles is 1. The van der Waals surface area contributed by atoms with Crippen molar-refractivity contribution in [1.29, 1.82) is 5.26 Å². The number of non-ortho nitro benzene ring substituents is 1. The van der Waals surface area contributed by atoms with E-state index in [2.05, 4.69) is 24.8 Å². The molecule has 3 rings (SSSR count). The molecule has 21 heavy (non-hydrogen) atoms. The number of rotatable bonds is 3. The summed E-state index contributed by atoms with van der Waals surface area (Å²) in [5.41, 5.74) is 1.65. The molecule has 0 radical (unpaired) electrons. The van der Waals surface area contributed by atoms with Crippen LogP contribution in [0.25, 0.3) is 0 Å². The minimum absolute atomic E-state index is 0.0183. The molecule has 1 spiro atoms.